The topological polar surface area (TPSA) is 112 Å². The predicted octanol–water partition coefficient (Wildman–Crippen LogP) is 1.53. The number of fused-ring (bicyclic) bond motifs is 1. The van der Waals surface area contributed by atoms with Gasteiger partial charge >= 0.3 is 11.9 Å². The summed E-state index contributed by atoms with van der Waals surface area (Å²) in [6, 6.07) is -0.483. The fourth-order valence-corrected chi connectivity index (χ4v) is 3.67. The van der Waals surface area contributed by atoms with Crippen LogP contribution >= 0.6 is 24.4 Å². The molecule has 0 saturated carbocycles. The van der Waals surface area contributed by atoms with Gasteiger partial charge in [0.15, 0.2) is 17.0 Å². The van der Waals surface area contributed by atoms with E-state index in [4.69, 9.17) is 38.6 Å². The minimum Gasteiger partial charge on any atom is -0.463 e. The molecule has 2 aromatic rings. The van der Waals surface area contributed by atoms with Gasteiger partial charge in [0, 0.05) is 20.9 Å². The molecule has 29 heavy (non-hydrogen) atoms. The Hall–Kier alpha value is -2.44. The SMILES string of the molecule is CC(=O)OC[C@H]1O[C@H](n2cnc3c(=S)nc[nH]c32)[C@H](OC(C)=O)[C@H]1N(C)C(C)=S. The van der Waals surface area contributed by atoms with Crippen LogP contribution in [0.2, 0.25) is 0 Å². The highest BCUT2D eigenvalue weighted by Gasteiger charge is 2.50. The molecule has 10 nitrogen and oxygen atoms in total. The number of rotatable bonds is 5. The van der Waals surface area contributed by atoms with Gasteiger partial charge in [0.05, 0.1) is 17.6 Å². The quantitative estimate of drug-likeness (QED) is 0.544. The van der Waals surface area contributed by atoms with E-state index in [1.165, 1.54) is 26.5 Å². The van der Waals surface area contributed by atoms with Crippen molar-refractivity contribution in [2.45, 2.75) is 45.2 Å². The molecule has 1 aliphatic heterocycles. The second-order valence-electron chi connectivity index (χ2n) is 6.62. The molecule has 0 spiro atoms. The van der Waals surface area contributed by atoms with Gasteiger partial charge in [-0.15, -0.1) is 0 Å². The monoisotopic (exact) mass is 439 g/mol. The van der Waals surface area contributed by atoms with Crippen LogP contribution in [-0.4, -0.2) is 73.3 Å². The van der Waals surface area contributed by atoms with Crippen LogP contribution < -0.4 is 0 Å². The summed E-state index contributed by atoms with van der Waals surface area (Å²) in [5, 5.41) is 0. The first-order chi connectivity index (χ1) is 13.7. The van der Waals surface area contributed by atoms with Crippen molar-refractivity contribution in [2.24, 2.45) is 0 Å². The maximum absolute atomic E-state index is 11.9. The second-order valence-corrected chi connectivity index (χ2v) is 7.60. The first-order valence-electron chi connectivity index (χ1n) is 8.80. The molecule has 0 amide bonds. The highest BCUT2D eigenvalue weighted by atomic mass is 32.1. The number of imidazole rings is 1. The van der Waals surface area contributed by atoms with Gasteiger partial charge in [0.25, 0.3) is 0 Å². The van der Waals surface area contributed by atoms with E-state index in [0.717, 1.165) is 0 Å². The molecule has 2 aromatic heterocycles. The van der Waals surface area contributed by atoms with Crippen molar-refractivity contribution in [1.29, 1.82) is 0 Å². The Morgan fingerprint density at radius 2 is 2.03 bits per heavy atom. The minimum atomic E-state index is -0.751. The van der Waals surface area contributed by atoms with Gasteiger partial charge in [-0.3, -0.25) is 14.2 Å². The normalized spacial score (nSPS) is 23.7. The molecule has 3 heterocycles. The lowest BCUT2D eigenvalue weighted by Gasteiger charge is -2.32. The molecular weight excluding hydrogens is 418 g/mol. The summed E-state index contributed by atoms with van der Waals surface area (Å²) in [5.74, 6) is -0.916. The number of aromatic nitrogens is 4. The molecule has 1 saturated heterocycles. The molecule has 12 heteroatoms. The van der Waals surface area contributed by atoms with Gasteiger partial charge in [0.2, 0.25) is 0 Å². The smallest absolute Gasteiger partial charge is 0.303 e. The lowest BCUT2D eigenvalue weighted by atomic mass is 10.1. The molecule has 156 valence electrons. The highest BCUT2D eigenvalue weighted by molar-refractivity contribution is 7.80. The van der Waals surface area contributed by atoms with Crippen molar-refractivity contribution in [2.75, 3.05) is 13.7 Å². The van der Waals surface area contributed by atoms with Gasteiger partial charge in [-0.25, -0.2) is 9.97 Å². The molecule has 0 unspecified atom stereocenters. The zero-order valence-corrected chi connectivity index (χ0v) is 18.0. The van der Waals surface area contributed by atoms with Crippen molar-refractivity contribution < 1.29 is 23.8 Å². The lowest BCUT2D eigenvalue weighted by molar-refractivity contribution is -0.153. The number of carbonyl (C=O) groups is 2. The van der Waals surface area contributed by atoms with E-state index < -0.39 is 36.4 Å². The molecule has 0 aromatic carbocycles. The number of hydrogen-bond acceptors (Lipinski definition) is 9. The van der Waals surface area contributed by atoms with Gasteiger partial charge in [-0.2, -0.15) is 0 Å². The van der Waals surface area contributed by atoms with Crippen LogP contribution in [0.25, 0.3) is 11.2 Å². The van der Waals surface area contributed by atoms with Crippen molar-refractivity contribution in [1.82, 2.24) is 24.4 Å². The number of nitrogens with zero attached hydrogens (tertiary/aromatic N) is 4. The van der Waals surface area contributed by atoms with Crippen LogP contribution in [0.4, 0.5) is 0 Å². The maximum atomic E-state index is 11.9. The van der Waals surface area contributed by atoms with Gasteiger partial charge < -0.3 is 24.1 Å². The molecule has 0 bridgehead atoms. The highest BCUT2D eigenvalue weighted by Crippen LogP contribution is 2.36. The summed E-state index contributed by atoms with van der Waals surface area (Å²) < 4.78 is 19.0. The molecule has 0 radical (unpaired) electrons. The Morgan fingerprint density at radius 1 is 1.31 bits per heavy atom. The van der Waals surface area contributed by atoms with Gasteiger partial charge in [-0.1, -0.05) is 24.4 Å². The zero-order valence-electron chi connectivity index (χ0n) is 16.3. The largest absolute Gasteiger partial charge is 0.463 e. The molecule has 1 fully saturated rings. The first kappa shape index (κ1) is 21.3. The maximum Gasteiger partial charge on any atom is 0.303 e. The predicted molar refractivity (Wildman–Crippen MR) is 109 cm³/mol. The van der Waals surface area contributed by atoms with Crippen LogP contribution in [-0.2, 0) is 23.8 Å². The minimum absolute atomic E-state index is 0.0224. The zero-order chi connectivity index (χ0) is 21.3. The van der Waals surface area contributed by atoms with Crippen molar-refractivity contribution >= 4 is 52.5 Å². The molecule has 4 atom stereocenters. The van der Waals surface area contributed by atoms with Crippen molar-refractivity contribution in [3.05, 3.63) is 17.3 Å². The summed E-state index contributed by atoms with van der Waals surface area (Å²) in [4.78, 5) is 36.9. The van der Waals surface area contributed by atoms with Crippen LogP contribution in [0.5, 0.6) is 0 Å². The molecule has 1 aliphatic rings. The lowest BCUT2D eigenvalue weighted by Crippen LogP contribution is -2.49. The van der Waals surface area contributed by atoms with Crippen LogP contribution in [0, 0.1) is 4.64 Å². The summed E-state index contributed by atoms with van der Waals surface area (Å²) in [5.41, 5.74) is 1.06. The fourth-order valence-electron chi connectivity index (χ4n) is 3.34. The van der Waals surface area contributed by atoms with Crippen molar-refractivity contribution in [3.8, 4) is 0 Å². The van der Waals surface area contributed by atoms with E-state index >= 15 is 0 Å². The van der Waals surface area contributed by atoms with E-state index in [9.17, 15) is 9.59 Å². The van der Waals surface area contributed by atoms with Crippen LogP contribution in [0.3, 0.4) is 0 Å². The average molecular weight is 440 g/mol. The first-order valence-corrected chi connectivity index (χ1v) is 9.62. The summed E-state index contributed by atoms with van der Waals surface area (Å²) >= 11 is 10.5. The molecule has 1 N–H and O–H groups in total. The number of H-pyrrole nitrogens is 1. The van der Waals surface area contributed by atoms with Crippen LogP contribution in [0.1, 0.15) is 27.0 Å². The van der Waals surface area contributed by atoms with E-state index in [1.54, 1.807) is 23.4 Å². The van der Waals surface area contributed by atoms with Gasteiger partial charge in [-0.05, 0) is 6.92 Å². The Bertz CT molecular complexity index is 1010. The Balaban J connectivity index is 2.07. The van der Waals surface area contributed by atoms with Crippen molar-refractivity contribution in [3.63, 3.8) is 0 Å². The number of ether oxygens (including phenoxy) is 3. The number of carbonyl (C=O) groups excluding carboxylic acids is 2. The third-order valence-corrected chi connectivity index (χ3v) is 5.25. The number of thiocarbonyl (C=S) groups is 1. The molecule has 0 aliphatic carbocycles. The average Bonchev–Trinajstić information content (AvgIpc) is 3.21. The number of nitrogens with one attached hydrogen (secondary N) is 1. The second kappa shape index (κ2) is 8.51. The van der Waals surface area contributed by atoms with E-state index in [2.05, 4.69) is 15.0 Å². The third kappa shape index (κ3) is 4.28. The Morgan fingerprint density at radius 3 is 2.66 bits per heavy atom. The standard InChI is InChI=1S/C17H21N5O5S2/c1-8(28)21(4)13-11(5-25-9(2)23)27-17(14(13)26-10(3)24)22-7-20-12-15(22)18-6-19-16(12)29/h6-7,11,13-14,17H,5H2,1-4H3,(H,18,19,29)/t11-,13+,14-,17+/m1/s1. The summed E-state index contributed by atoms with van der Waals surface area (Å²) in [6.07, 6.45) is 0.899. The van der Waals surface area contributed by atoms with E-state index in [-0.39, 0.29) is 6.61 Å². The Kier molecular flexibility index (Phi) is 6.24. The fraction of sp³-hybridized carbons (Fsp3) is 0.529. The number of esters is 2. The van der Waals surface area contributed by atoms with E-state index in [0.29, 0.717) is 20.8 Å². The third-order valence-electron chi connectivity index (χ3n) is 4.66. The molecule has 3 rings (SSSR count). The van der Waals surface area contributed by atoms with E-state index in [1.807, 2.05) is 0 Å². The number of likely N-dealkylation sites (N-methyl/N-ethyl adjacent to an activating group) is 1. The molecular formula is C17H21N5O5S2. The Labute approximate surface area is 177 Å². The van der Waals surface area contributed by atoms with Gasteiger partial charge in [0.1, 0.15) is 29.9 Å². The van der Waals surface area contributed by atoms with Crippen LogP contribution in [0.15, 0.2) is 12.7 Å². The number of hydrogen-bond donors (Lipinski definition) is 1. The summed E-state index contributed by atoms with van der Waals surface area (Å²) in [6.45, 7) is 4.37. The summed E-state index contributed by atoms with van der Waals surface area (Å²) in [7, 11) is 1.78. The number of aromatic amines is 1.